The fourth-order valence-electron chi connectivity index (χ4n) is 3.18. The van der Waals surface area contributed by atoms with E-state index in [-0.39, 0.29) is 23.8 Å². The molecule has 0 saturated carbocycles. The Morgan fingerprint density at radius 3 is 2.48 bits per heavy atom. The Hall–Kier alpha value is -3.41. The Kier molecular flexibility index (Phi) is 5.35. The topological polar surface area (TPSA) is 78.5 Å². The van der Waals surface area contributed by atoms with Crippen molar-refractivity contribution >= 4 is 29.1 Å². The highest BCUT2D eigenvalue weighted by Crippen LogP contribution is 2.33. The molecule has 1 aliphatic heterocycles. The third-order valence-corrected chi connectivity index (χ3v) is 4.53. The van der Waals surface area contributed by atoms with Crippen LogP contribution in [0, 0.1) is 0 Å². The van der Waals surface area contributed by atoms with Crippen LogP contribution in [0.5, 0.6) is 0 Å². The molecule has 2 aromatic carbocycles. The summed E-state index contributed by atoms with van der Waals surface area (Å²) in [5.74, 6) is -0.516. The van der Waals surface area contributed by atoms with Gasteiger partial charge in [0.1, 0.15) is 0 Å². The Balaban J connectivity index is 1.74. The molecular weight excluding hydrogens is 342 g/mol. The lowest BCUT2D eigenvalue weighted by molar-refractivity contribution is -0.116. The summed E-state index contributed by atoms with van der Waals surface area (Å²) in [6, 6.07) is 14.1. The lowest BCUT2D eigenvalue weighted by Gasteiger charge is -2.34. The first-order valence-corrected chi connectivity index (χ1v) is 8.71. The van der Waals surface area contributed by atoms with Crippen molar-refractivity contribution in [2.45, 2.75) is 19.4 Å². The van der Waals surface area contributed by atoms with E-state index in [1.807, 2.05) is 24.3 Å². The van der Waals surface area contributed by atoms with Gasteiger partial charge in [0.15, 0.2) is 0 Å². The second-order valence-electron chi connectivity index (χ2n) is 6.31. The number of hydrogen-bond acceptors (Lipinski definition) is 3. The quantitative estimate of drug-likeness (QED) is 0.820. The Morgan fingerprint density at radius 1 is 1.11 bits per heavy atom. The van der Waals surface area contributed by atoms with Gasteiger partial charge in [0.2, 0.25) is 11.8 Å². The number of rotatable bonds is 4. The summed E-state index contributed by atoms with van der Waals surface area (Å²) in [7, 11) is 0. The number of hydrogen-bond donors (Lipinski definition) is 2. The minimum absolute atomic E-state index is 0.00983. The Labute approximate surface area is 157 Å². The van der Waals surface area contributed by atoms with E-state index in [0.717, 1.165) is 11.3 Å². The highest BCUT2D eigenvalue weighted by Gasteiger charge is 2.28. The number of para-hydroxylation sites is 1. The molecule has 0 aliphatic carbocycles. The maximum atomic E-state index is 12.6. The third kappa shape index (κ3) is 4.06. The minimum Gasteiger partial charge on any atom is -0.345 e. The van der Waals surface area contributed by atoms with Crippen LogP contribution in [0.1, 0.15) is 35.3 Å². The van der Waals surface area contributed by atoms with Crippen LogP contribution in [0.15, 0.2) is 61.2 Å². The van der Waals surface area contributed by atoms with Gasteiger partial charge in [0.05, 0.1) is 6.04 Å². The zero-order valence-corrected chi connectivity index (χ0v) is 15.1. The van der Waals surface area contributed by atoms with E-state index in [0.29, 0.717) is 24.2 Å². The van der Waals surface area contributed by atoms with Crippen LogP contribution < -0.4 is 15.5 Å². The van der Waals surface area contributed by atoms with Crippen LogP contribution in [0.4, 0.5) is 11.4 Å². The van der Waals surface area contributed by atoms with Gasteiger partial charge in [-0.05, 0) is 48.4 Å². The number of benzene rings is 2. The maximum absolute atomic E-state index is 12.6. The normalized spacial score (nSPS) is 15.4. The van der Waals surface area contributed by atoms with Gasteiger partial charge in [-0.1, -0.05) is 24.8 Å². The van der Waals surface area contributed by atoms with Crippen molar-refractivity contribution in [1.29, 1.82) is 0 Å². The van der Waals surface area contributed by atoms with Gasteiger partial charge in [-0.2, -0.15) is 0 Å². The Morgan fingerprint density at radius 2 is 1.81 bits per heavy atom. The lowest BCUT2D eigenvalue weighted by atomic mass is 9.96. The molecule has 3 amide bonds. The summed E-state index contributed by atoms with van der Waals surface area (Å²) in [5, 5.41) is 5.68. The molecule has 138 valence electrons. The van der Waals surface area contributed by atoms with E-state index >= 15 is 0 Å². The molecule has 1 unspecified atom stereocenters. The van der Waals surface area contributed by atoms with E-state index in [1.165, 1.54) is 6.08 Å². The molecule has 1 heterocycles. The van der Waals surface area contributed by atoms with Gasteiger partial charge in [0, 0.05) is 30.4 Å². The molecule has 0 aromatic heterocycles. The average molecular weight is 363 g/mol. The molecule has 2 N–H and O–H groups in total. The minimum atomic E-state index is -0.305. The molecule has 6 heteroatoms. The summed E-state index contributed by atoms with van der Waals surface area (Å²) in [6.45, 7) is 5.50. The molecule has 1 atom stereocenters. The van der Waals surface area contributed by atoms with Crippen molar-refractivity contribution in [3.05, 3.63) is 72.3 Å². The van der Waals surface area contributed by atoms with Crippen LogP contribution in [0.3, 0.4) is 0 Å². The van der Waals surface area contributed by atoms with E-state index in [4.69, 9.17) is 0 Å². The van der Waals surface area contributed by atoms with Crippen molar-refractivity contribution in [2.75, 3.05) is 16.8 Å². The van der Waals surface area contributed by atoms with Gasteiger partial charge in [-0.15, -0.1) is 0 Å². The van der Waals surface area contributed by atoms with Crippen LogP contribution in [-0.4, -0.2) is 24.3 Å². The molecule has 1 aliphatic rings. The number of nitrogens with one attached hydrogen (secondary N) is 2. The molecule has 0 bridgehead atoms. The first-order valence-electron chi connectivity index (χ1n) is 8.71. The predicted octanol–water partition coefficient (Wildman–Crippen LogP) is 3.04. The summed E-state index contributed by atoms with van der Waals surface area (Å²) in [6.07, 6.45) is 1.83. The van der Waals surface area contributed by atoms with E-state index in [9.17, 15) is 14.4 Å². The summed E-state index contributed by atoms with van der Waals surface area (Å²) >= 11 is 0. The standard InChI is InChI=1S/C21H21N3O3/c1-3-20(26)22-16-10-8-15(9-11-16)21(27)23-18-12-13-24(14(2)25)19-7-5-4-6-17(18)19/h3-11,18H,1,12-13H2,2H3,(H,22,26)(H,23,27). The fourth-order valence-corrected chi connectivity index (χ4v) is 3.18. The van der Waals surface area contributed by atoms with E-state index in [2.05, 4.69) is 17.2 Å². The molecule has 6 nitrogen and oxygen atoms in total. The molecule has 3 rings (SSSR count). The number of carbonyl (C=O) groups excluding carboxylic acids is 3. The van der Waals surface area contributed by atoms with Gasteiger partial charge in [0.25, 0.3) is 5.91 Å². The van der Waals surface area contributed by atoms with Crippen molar-refractivity contribution in [3.8, 4) is 0 Å². The molecule has 27 heavy (non-hydrogen) atoms. The van der Waals surface area contributed by atoms with E-state index < -0.39 is 0 Å². The molecule has 0 fully saturated rings. The fraction of sp³-hybridized carbons (Fsp3) is 0.190. The first kappa shape index (κ1) is 18.4. The summed E-state index contributed by atoms with van der Waals surface area (Å²) < 4.78 is 0. The molecule has 0 spiro atoms. The van der Waals surface area contributed by atoms with Crippen LogP contribution in [0.2, 0.25) is 0 Å². The Bertz CT molecular complexity index is 890. The predicted molar refractivity (Wildman–Crippen MR) is 105 cm³/mol. The second-order valence-corrected chi connectivity index (χ2v) is 6.31. The van der Waals surface area contributed by atoms with Gasteiger partial charge in [-0.25, -0.2) is 0 Å². The second kappa shape index (κ2) is 7.86. The molecule has 2 aromatic rings. The van der Waals surface area contributed by atoms with Crippen molar-refractivity contribution in [2.24, 2.45) is 0 Å². The molecule has 0 saturated heterocycles. The van der Waals surface area contributed by atoms with Crippen LogP contribution >= 0.6 is 0 Å². The SMILES string of the molecule is C=CC(=O)Nc1ccc(C(=O)NC2CCN(C(C)=O)c3ccccc32)cc1. The average Bonchev–Trinajstić information content (AvgIpc) is 2.68. The summed E-state index contributed by atoms with van der Waals surface area (Å²) in [4.78, 5) is 37.5. The van der Waals surface area contributed by atoms with Crippen LogP contribution in [0.25, 0.3) is 0 Å². The van der Waals surface area contributed by atoms with Gasteiger partial charge in [-0.3, -0.25) is 14.4 Å². The van der Waals surface area contributed by atoms with Gasteiger partial charge < -0.3 is 15.5 Å². The third-order valence-electron chi connectivity index (χ3n) is 4.53. The number of amides is 3. The number of fused-ring (bicyclic) bond motifs is 1. The number of anilines is 2. The monoisotopic (exact) mass is 363 g/mol. The highest BCUT2D eigenvalue weighted by atomic mass is 16.2. The summed E-state index contributed by atoms with van der Waals surface area (Å²) in [5.41, 5.74) is 2.86. The number of nitrogens with zero attached hydrogens (tertiary/aromatic N) is 1. The maximum Gasteiger partial charge on any atom is 0.251 e. The van der Waals surface area contributed by atoms with Crippen LogP contribution in [-0.2, 0) is 9.59 Å². The molecule has 0 radical (unpaired) electrons. The largest absolute Gasteiger partial charge is 0.345 e. The lowest BCUT2D eigenvalue weighted by Crippen LogP contribution is -2.40. The van der Waals surface area contributed by atoms with Crippen molar-refractivity contribution in [1.82, 2.24) is 5.32 Å². The van der Waals surface area contributed by atoms with Gasteiger partial charge >= 0.3 is 0 Å². The van der Waals surface area contributed by atoms with Crippen molar-refractivity contribution in [3.63, 3.8) is 0 Å². The van der Waals surface area contributed by atoms with Crippen molar-refractivity contribution < 1.29 is 14.4 Å². The first-order chi connectivity index (χ1) is 13.0. The van der Waals surface area contributed by atoms with E-state index in [1.54, 1.807) is 36.1 Å². The number of carbonyl (C=O) groups is 3. The molecular formula is C21H21N3O3. The zero-order chi connectivity index (χ0) is 19.4. The highest BCUT2D eigenvalue weighted by molar-refractivity contribution is 6.00. The zero-order valence-electron chi connectivity index (χ0n) is 15.1. The smallest absolute Gasteiger partial charge is 0.251 e.